The molecular weight excluding hydrogens is 389 g/mol. The predicted octanol–water partition coefficient (Wildman–Crippen LogP) is 3.61. The molecule has 0 saturated carbocycles. The second kappa shape index (κ2) is 7.53. The number of fused-ring (bicyclic) bond motifs is 1. The number of benzene rings is 1. The number of nitrogens with one attached hydrogen (secondary N) is 2. The summed E-state index contributed by atoms with van der Waals surface area (Å²) in [5.74, 6) is -0.0910. The number of halogens is 3. The summed E-state index contributed by atoms with van der Waals surface area (Å²) in [6.07, 6.45) is -3.39. The van der Waals surface area contributed by atoms with E-state index in [1.165, 1.54) is 45.4 Å². The van der Waals surface area contributed by atoms with Gasteiger partial charge in [0.15, 0.2) is 0 Å². The van der Waals surface area contributed by atoms with E-state index in [1.54, 1.807) is 0 Å². The van der Waals surface area contributed by atoms with Crippen LogP contribution in [0, 0.1) is 6.92 Å². The first-order valence-corrected chi connectivity index (χ1v) is 8.53. The van der Waals surface area contributed by atoms with Gasteiger partial charge in [0.1, 0.15) is 11.6 Å². The van der Waals surface area contributed by atoms with Crippen LogP contribution in [0.4, 0.5) is 19.0 Å². The number of hydrogen-bond acceptors (Lipinski definition) is 6. The van der Waals surface area contributed by atoms with Gasteiger partial charge in [-0.2, -0.15) is 13.2 Å². The molecule has 0 aliphatic rings. The quantitative estimate of drug-likeness (QED) is 0.643. The Morgan fingerprint density at radius 2 is 2.00 bits per heavy atom. The molecule has 0 fully saturated rings. The van der Waals surface area contributed by atoms with E-state index in [0.29, 0.717) is 0 Å². The third-order valence-electron chi connectivity index (χ3n) is 4.32. The van der Waals surface area contributed by atoms with Gasteiger partial charge < -0.3 is 15.0 Å². The second-order valence-corrected chi connectivity index (χ2v) is 6.40. The number of methoxy groups -OCH3 is 1. The molecule has 0 radical (unpaired) electrons. The summed E-state index contributed by atoms with van der Waals surface area (Å²) in [5, 5.41) is 2.91. The first-order valence-electron chi connectivity index (χ1n) is 8.53. The maximum atomic E-state index is 13.6. The van der Waals surface area contributed by atoms with Gasteiger partial charge in [-0.05, 0) is 43.7 Å². The fourth-order valence-corrected chi connectivity index (χ4v) is 2.94. The smallest absolute Gasteiger partial charge is 0.416 e. The number of alkyl halides is 3. The molecule has 152 valence electrons. The third kappa shape index (κ3) is 4.20. The van der Waals surface area contributed by atoms with Gasteiger partial charge in [0, 0.05) is 6.20 Å². The van der Waals surface area contributed by atoms with E-state index in [-0.39, 0.29) is 33.7 Å². The number of carbonyl (C=O) groups is 1. The normalized spacial score (nSPS) is 12.6. The van der Waals surface area contributed by atoms with E-state index in [1.807, 2.05) is 0 Å². The number of pyridine rings is 1. The van der Waals surface area contributed by atoms with Gasteiger partial charge in [-0.3, -0.25) is 4.79 Å². The SMILES string of the molecule is COC(=O)c1ccc(NC(C)c2cc3c(=O)[nH]c(C)nc3cc2C(F)(F)F)nc1. The van der Waals surface area contributed by atoms with E-state index >= 15 is 0 Å². The van der Waals surface area contributed by atoms with Crippen molar-refractivity contribution in [1.29, 1.82) is 0 Å². The lowest BCUT2D eigenvalue weighted by molar-refractivity contribution is -0.138. The zero-order chi connectivity index (χ0) is 21.3. The fraction of sp³-hybridized carbons (Fsp3) is 0.263. The molecule has 2 heterocycles. The summed E-state index contributed by atoms with van der Waals surface area (Å²) in [5.41, 5.74) is -1.36. The topological polar surface area (TPSA) is 97.0 Å². The number of anilines is 1. The molecule has 10 heteroatoms. The van der Waals surface area contributed by atoms with Gasteiger partial charge in [-0.15, -0.1) is 0 Å². The molecule has 0 aliphatic carbocycles. The van der Waals surface area contributed by atoms with Gasteiger partial charge >= 0.3 is 12.1 Å². The van der Waals surface area contributed by atoms with Gasteiger partial charge in [0.2, 0.25) is 0 Å². The van der Waals surface area contributed by atoms with Gasteiger partial charge in [-0.25, -0.2) is 14.8 Å². The van der Waals surface area contributed by atoms with Crippen LogP contribution in [0.1, 0.15) is 40.3 Å². The molecule has 0 bridgehead atoms. The minimum absolute atomic E-state index is 0.0323. The summed E-state index contributed by atoms with van der Waals surface area (Å²) >= 11 is 0. The highest BCUT2D eigenvalue weighted by atomic mass is 19.4. The van der Waals surface area contributed by atoms with E-state index in [0.717, 1.165) is 6.07 Å². The highest BCUT2D eigenvalue weighted by molar-refractivity contribution is 5.89. The number of nitrogens with zero attached hydrogens (tertiary/aromatic N) is 2. The van der Waals surface area contributed by atoms with Crippen molar-refractivity contribution in [2.24, 2.45) is 0 Å². The predicted molar refractivity (Wildman–Crippen MR) is 99.7 cm³/mol. The van der Waals surface area contributed by atoms with E-state index in [9.17, 15) is 22.8 Å². The largest absolute Gasteiger partial charge is 0.465 e. The lowest BCUT2D eigenvalue weighted by atomic mass is 9.98. The Morgan fingerprint density at radius 3 is 2.59 bits per heavy atom. The number of aromatic amines is 1. The molecule has 3 aromatic rings. The molecule has 1 unspecified atom stereocenters. The van der Waals surface area contributed by atoms with Crippen LogP contribution in [0.15, 0.2) is 35.3 Å². The standard InChI is InChI=1S/C19H17F3N4O3/c1-9(24-16-5-4-11(8-23-16)18(28)29-3)12-6-13-15(7-14(12)19(20,21)22)25-10(2)26-17(13)27/h4-9H,1-3H3,(H,23,24)(H,25,26,27). The van der Waals surface area contributed by atoms with Crippen molar-refractivity contribution in [2.75, 3.05) is 12.4 Å². The summed E-state index contributed by atoms with van der Waals surface area (Å²) in [6, 6.07) is 4.11. The van der Waals surface area contributed by atoms with Crippen molar-refractivity contribution in [1.82, 2.24) is 15.0 Å². The molecule has 1 aromatic carbocycles. The molecule has 0 saturated heterocycles. The number of hydrogen-bond donors (Lipinski definition) is 2. The Labute approximate surface area is 163 Å². The van der Waals surface area contributed by atoms with Crippen LogP contribution in [0.3, 0.4) is 0 Å². The Balaban J connectivity index is 2.03. The second-order valence-electron chi connectivity index (χ2n) is 6.40. The van der Waals surface area contributed by atoms with Gasteiger partial charge in [-0.1, -0.05) is 0 Å². The third-order valence-corrected chi connectivity index (χ3v) is 4.32. The van der Waals surface area contributed by atoms with Crippen molar-refractivity contribution in [3.05, 3.63) is 63.3 Å². The van der Waals surface area contributed by atoms with Crippen LogP contribution in [-0.2, 0) is 10.9 Å². The van der Waals surface area contributed by atoms with Gasteiger partial charge in [0.25, 0.3) is 5.56 Å². The van der Waals surface area contributed by atoms with Crippen molar-refractivity contribution in [2.45, 2.75) is 26.1 Å². The van der Waals surface area contributed by atoms with E-state index in [2.05, 4.69) is 25.0 Å². The van der Waals surface area contributed by atoms with E-state index < -0.39 is 29.3 Å². The van der Waals surface area contributed by atoms with Crippen LogP contribution in [-0.4, -0.2) is 28.0 Å². The Kier molecular flexibility index (Phi) is 5.27. The highest BCUT2D eigenvalue weighted by Gasteiger charge is 2.35. The maximum absolute atomic E-state index is 13.6. The zero-order valence-corrected chi connectivity index (χ0v) is 15.7. The molecule has 0 aliphatic heterocycles. The highest BCUT2D eigenvalue weighted by Crippen LogP contribution is 2.37. The minimum atomic E-state index is -4.64. The molecular formula is C19H17F3N4O3. The Hall–Kier alpha value is -3.43. The number of ether oxygens (including phenoxy) is 1. The van der Waals surface area contributed by atoms with Crippen LogP contribution in [0.5, 0.6) is 0 Å². The molecule has 29 heavy (non-hydrogen) atoms. The van der Waals surface area contributed by atoms with Crippen molar-refractivity contribution in [3.63, 3.8) is 0 Å². The number of aromatic nitrogens is 3. The average molecular weight is 406 g/mol. The molecule has 0 spiro atoms. The number of H-pyrrole nitrogens is 1. The first kappa shape index (κ1) is 20.3. The maximum Gasteiger partial charge on any atom is 0.416 e. The molecule has 1 atom stereocenters. The Morgan fingerprint density at radius 1 is 1.28 bits per heavy atom. The monoisotopic (exact) mass is 406 g/mol. The fourth-order valence-electron chi connectivity index (χ4n) is 2.94. The summed E-state index contributed by atoms with van der Waals surface area (Å²) < 4.78 is 45.5. The van der Waals surface area contributed by atoms with Crippen LogP contribution < -0.4 is 10.9 Å². The van der Waals surface area contributed by atoms with Gasteiger partial charge in [0.05, 0.1) is 35.2 Å². The molecule has 2 aromatic heterocycles. The van der Waals surface area contributed by atoms with Crippen LogP contribution >= 0.6 is 0 Å². The summed E-state index contributed by atoms with van der Waals surface area (Å²) in [7, 11) is 1.23. The lowest BCUT2D eigenvalue weighted by Gasteiger charge is -2.21. The van der Waals surface area contributed by atoms with Crippen molar-refractivity contribution in [3.8, 4) is 0 Å². The molecule has 7 nitrogen and oxygen atoms in total. The summed E-state index contributed by atoms with van der Waals surface area (Å²) in [4.78, 5) is 34.1. The number of esters is 1. The van der Waals surface area contributed by atoms with Crippen molar-refractivity contribution < 1.29 is 22.7 Å². The zero-order valence-electron chi connectivity index (χ0n) is 15.7. The van der Waals surface area contributed by atoms with Crippen molar-refractivity contribution >= 4 is 22.7 Å². The number of rotatable bonds is 4. The van der Waals surface area contributed by atoms with Crippen LogP contribution in [0.25, 0.3) is 10.9 Å². The lowest BCUT2D eigenvalue weighted by Crippen LogP contribution is -2.18. The minimum Gasteiger partial charge on any atom is -0.465 e. The number of aryl methyl sites for hydroxylation is 1. The first-order chi connectivity index (χ1) is 13.6. The molecule has 0 amide bonds. The van der Waals surface area contributed by atoms with E-state index in [4.69, 9.17) is 0 Å². The average Bonchev–Trinajstić information content (AvgIpc) is 2.66. The molecule has 2 N–H and O–H groups in total. The number of carbonyl (C=O) groups excluding carboxylic acids is 1. The Bertz CT molecular complexity index is 1120. The van der Waals surface area contributed by atoms with Crippen LogP contribution in [0.2, 0.25) is 0 Å². The summed E-state index contributed by atoms with van der Waals surface area (Å²) in [6.45, 7) is 3.01. The molecule has 3 rings (SSSR count).